The van der Waals surface area contributed by atoms with Gasteiger partial charge in [-0.1, -0.05) is 46.5 Å². The second kappa shape index (κ2) is 7.32. The van der Waals surface area contributed by atoms with E-state index in [4.69, 9.17) is 0 Å². The van der Waals surface area contributed by atoms with Crippen molar-refractivity contribution in [2.45, 2.75) is 71.8 Å². The number of nitrogens with one attached hydrogen (secondary N) is 1. The maximum absolute atomic E-state index is 3.59. The summed E-state index contributed by atoms with van der Waals surface area (Å²) in [5.74, 6) is 2.81. The molecule has 1 saturated carbocycles. The zero-order chi connectivity index (χ0) is 12.0. The van der Waals surface area contributed by atoms with Crippen LogP contribution >= 0.6 is 0 Å². The maximum atomic E-state index is 3.59. The summed E-state index contributed by atoms with van der Waals surface area (Å²) >= 11 is 0. The van der Waals surface area contributed by atoms with E-state index in [-0.39, 0.29) is 0 Å². The Labute approximate surface area is 102 Å². The summed E-state index contributed by atoms with van der Waals surface area (Å²) in [6.45, 7) is 7.08. The van der Waals surface area contributed by atoms with Gasteiger partial charge in [0.05, 0.1) is 0 Å². The van der Waals surface area contributed by atoms with E-state index in [2.05, 4.69) is 33.1 Å². The molecule has 1 rings (SSSR count). The van der Waals surface area contributed by atoms with E-state index in [0.717, 1.165) is 23.8 Å². The smallest absolute Gasteiger partial charge is 0.0118 e. The fourth-order valence-corrected chi connectivity index (χ4v) is 3.58. The van der Waals surface area contributed by atoms with Crippen molar-refractivity contribution in [2.24, 2.45) is 17.8 Å². The molecular weight excluding hydrogens is 194 g/mol. The van der Waals surface area contributed by atoms with Gasteiger partial charge < -0.3 is 5.32 Å². The van der Waals surface area contributed by atoms with E-state index in [9.17, 15) is 0 Å². The fraction of sp³-hybridized carbons (Fsp3) is 1.00. The second-order valence-electron chi connectivity index (χ2n) is 5.77. The van der Waals surface area contributed by atoms with Crippen molar-refractivity contribution >= 4 is 0 Å². The molecule has 1 fully saturated rings. The zero-order valence-electron chi connectivity index (χ0n) is 11.8. The topological polar surface area (TPSA) is 12.0 Å². The Morgan fingerprint density at radius 1 is 1.12 bits per heavy atom. The highest BCUT2D eigenvalue weighted by Crippen LogP contribution is 2.35. The average Bonchev–Trinajstić information content (AvgIpc) is 2.31. The molecule has 0 heterocycles. The Morgan fingerprint density at radius 3 is 2.19 bits per heavy atom. The van der Waals surface area contributed by atoms with Crippen LogP contribution in [0.5, 0.6) is 0 Å². The molecule has 1 aliphatic carbocycles. The van der Waals surface area contributed by atoms with Gasteiger partial charge in [-0.25, -0.2) is 0 Å². The minimum atomic E-state index is 0.762. The van der Waals surface area contributed by atoms with E-state index in [1.165, 1.54) is 44.9 Å². The highest BCUT2D eigenvalue weighted by atomic mass is 14.9. The lowest BCUT2D eigenvalue weighted by Gasteiger charge is -2.36. The van der Waals surface area contributed by atoms with Crippen LogP contribution in [0.3, 0.4) is 0 Å². The van der Waals surface area contributed by atoms with E-state index in [1.54, 1.807) is 0 Å². The SMILES string of the molecule is CCCC(C)C(NC)C1CCC(CC)CC1. The van der Waals surface area contributed by atoms with Crippen molar-refractivity contribution in [3.63, 3.8) is 0 Å². The first kappa shape index (κ1) is 14.0. The average molecular weight is 225 g/mol. The lowest BCUT2D eigenvalue weighted by atomic mass is 9.74. The van der Waals surface area contributed by atoms with E-state index < -0.39 is 0 Å². The van der Waals surface area contributed by atoms with Crippen molar-refractivity contribution in [3.8, 4) is 0 Å². The lowest BCUT2D eigenvalue weighted by molar-refractivity contribution is 0.183. The molecule has 0 spiro atoms. The third-order valence-electron chi connectivity index (χ3n) is 4.67. The summed E-state index contributed by atoms with van der Waals surface area (Å²) in [5, 5.41) is 3.59. The van der Waals surface area contributed by atoms with Crippen LogP contribution in [0, 0.1) is 17.8 Å². The van der Waals surface area contributed by atoms with Crippen LogP contribution < -0.4 is 5.32 Å². The van der Waals surface area contributed by atoms with E-state index >= 15 is 0 Å². The predicted molar refractivity (Wildman–Crippen MR) is 72.7 cm³/mol. The Balaban J connectivity index is 2.42. The molecule has 0 saturated heterocycles. The standard InChI is InChI=1S/C15H31N/c1-5-7-12(3)15(16-4)14-10-8-13(6-2)9-11-14/h12-16H,5-11H2,1-4H3. The number of hydrogen-bond acceptors (Lipinski definition) is 1. The van der Waals surface area contributed by atoms with Gasteiger partial charge in [0.25, 0.3) is 0 Å². The van der Waals surface area contributed by atoms with Crippen molar-refractivity contribution in [1.82, 2.24) is 5.32 Å². The van der Waals surface area contributed by atoms with Crippen LogP contribution in [0.4, 0.5) is 0 Å². The van der Waals surface area contributed by atoms with Crippen molar-refractivity contribution in [3.05, 3.63) is 0 Å². The molecule has 96 valence electrons. The van der Waals surface area contributed by atoms with Crippen molar-refractivity contribution in [1.29, 1.82) is 0 Å². The van der Waals surface area contributed by atoms with Crippen LogP contribution in [0.2, 0.25) is 0 Å². The second-order valence-corrected chi connectivity index (χ2v) is 5.77. The molecule has 0 aromatic carbocycles. The molecule has 1 heteroatoms. The lowest BCUT2D eigenvalue weighted by Crippen LogP contribution is -2.40. The molecule has 2 atom stereocenters. The monoisotopic (exact) mass is 225 g/mol. The first-order chi connectivity index (χ1) is 7.72. The van der Waals surface area contributed by atoms with Gasteiger partial charge in [-0.15, -0.1) is 0 Å². The summed E-state index contributed by atoms with van der Waals surface area (Å²) < 4.78 is 0. The fourth-order valence-electron chi connectivity index (χ4n) is 3.58. The van der Waals surface area contributed by atoms with Gasteiger partial charge in [0, 0.05) is 6.04 Å². The minimum absolute atomic E-state index is 0.762. The van der Waals surface area contributed by atoms with Gasteiger partial charge in [-0.05, 0) is 44.1 Å². The van der Waals surface area contributed by atoms with Crippen LogP contribution in [0.25, 0.3) is 0 Å². The number of hydrogen-bond donors (Lipinski definition) is 1. The molecule has 0 radical (unpaired) electrons. The van der Waals surface area contributed by atoms with Crippen LogP contribution in [-0.2, 0) is 0 Å². The zero-order valence-corrected chi connectivity index (χ0v) is 11.8. The molecule has 16 heavy (non-hydrogen) atoms. The van der Waals surface area contributed by atoms with Crippen LogP contribution in [-0.4, -0.2) is 13.1 Å². The van der Waals surface area contributed by atoms with Crippen molar-refractivity contribution < 1.29 is 0 Å². The van der Waals surface area contributed by atoms with Crippen molar-refractivity contribution in [2.75, 3.05) is 7.05 Å². The van der Waals surface area contributed by atoms with Crippen LogP contribution in [0.1, 0.15) is 65.7 Å². The quantitative estimate of drug-likeness (QED) is 0.713. The molecule has 0 aromatic heterocycles. The predicted octanol–water partition coefficient (Wildman–Crippen LogP) is 4.23. The maximum Gasteiger partial charge on any atom is 0.0118 e. The summed E-state index contributed by atoms with van der Waals surface area (Å²) in [5.41, 5.74) is 0. The Kier molecular flexibility index (Phi) is 6.41. The normalized spacial score (nSPS) is 30.0. The largest absolute Gasteiger partial charge is 0.316 e. The third-order valence-corrected chi connectivity index (χ3v) is 4.67. The Hall–Kier alpha value is -0.0400. The number of rotatable bonds is 6. The molecule has 0 aromatic rings. The van der Waals surface area contributed by atoms with Crippen LogP contribution in [0.15, 0.2) is 0 Å². The molecule has 0 bridgehead atoms. The highest BCUT2D eigenvalue weighted by molar-refractivity contribution is 4.84. The van der Waals surface area contributed by atoms with Gasteiger partial charge in [0.1, 0.15) is 0 Å². The molecule has 1 aliphatic rings. The molecule has 0 aliphatic heterocycles. The van der Waals surface area contributed by atoms with Gasteiger partial charge >= 0.3 is 0 Å². The Bertz CT molecular complexity index is 170. The van der Waals surface area contributed by atoms with E-state index in [1.807, 2.05) is 0 Å². The summed E-state index contributed by atoms with van der Waals surface area (Å²) in [6, 6.07) is 0.762. The van der Waals surface area contributed by atoms with E-state index in [0.29, 0.717) is 0 Å². The highest BCUT2D eigenvalue weighted by Gasteiger charge is 2.28. The first-order valence-corrected chi connectivity index (χ1v) is 7.40. The summed E-state index contributed by atoms with van der Waals surface area (Å²) in [7, 11) is 2.16. The summed E-state index contributed by atoms with van der Waals surface area (Å²) in [4.78, 5) is 0. The van der Waals surface area contributed by atoms with Gasteiger partial charge in [-0.3, -0.25) is 0 Å². The minimum Gasteiger partial charge on any atom is -0.316 e. The summed E-state index contributed by atoms with van der Waals surface area (Å²) in [6.07, 6.45) is 9.94. The Morgan fingerprint density at radius 2 is 1.75 bits per heavy atom. The third kappa shape index (κ3) is 3.76. The van der Waals surface area contributed by atoms with Gasteiger partial charge in [-0.2, -0.15) is 0 Å². The first-order valence-electron chi connectivity index (χ1n) is 7.40. The molecule has 2 unspecified atom stereocenters. The van der Waals surface area contributed by atoms with Gasteiger partial charge in [0.2, 0.25) is 0 Å². The molecule has 1 nitrogen and oxygen atoms in total. The molecule has 1 N–H and O–H groups in total. The molecular formula is C15H31N. The van der Waals surface area contributed by atoms with Gasteiger partial charge in [0.15, 0.2) is 0 Å². The molecule has 0 amide bonds.